The van der Waals surface area contributed by atoms with Crippen molar-refractivity contribution in [3.05, 3.63) is 223 Å². The first kappa shape index (κ1) is 31.8. The molecule has 0 unspecified atom stereocenters. The van der Waals surface area contributed by atoms with Crippen molar-refractivity contribution in [3.63, 3.8) is 0 Å². The minimum absolute atomic E-state index is 0.451. The van der Waals surface area contributed by atoms with Gasteiger partial charge in [0, 0.05) is 33.5 Å². The number of hydrogen-bond donors (Lipinski definition) is 0. The summed E-state index contributed by atoms with van der Waals surface area (Å²) in [4.78, 5) is 15.5. The average molecular weight is 724 g/mol. The normalized spacial score (nSPS) is 13.1. The van der Waals surface area contributed by atoms with E-state index in [-0.39, 0.29) is 0 Å². The van der Waals surface area contributed by atoms with Crippen LogP contribution in [0.3, 0.4) is 0 Å². The first-order valence-corrected chi connectivity index (χ1v) is 19.5. The Morgan fingerprint density at radius 1 is 0.351 bits per heavy atom. The lowest BCUT2D eigenvalue weighted by atomic mass is 9.67. The highest BCUT2D eigenvalue weighted by Gasteiger charge is 2.46. The number of pyridine rings is 3. The van der Waals surface area contributed by atoms with Gasteiger partial charge in [0.05, 0.1) is 33.4 Å². The van der Waals surface area contributed by atoms with Gasteiger partial charge in [-0.05, 0) is 91.3 Å². The Balaban J connectivity index is 1.07. The average Bonchev–Trinajstić information content (AvgIpc) is 3.59. The monoisotopic (exact) mass is 723 g/mol. The van der Waals surface area contributed by atoms with Crippen LogP contribution in [-0.2, 0) is 5.41 Å². The maximum atomic E-state index is 5.47. The molecule has 0 N–H and O–H groups in total. The van der Waals surface area contributed by atoms with Crippen molar-refractivity contribution in [1.82, 2.24) is 15.0 Å². The third kappa shape index (κ3) is 4.63. The van der Waals surface area contributed by atoms with Gasteiger partial charge in [0.25, 0.3) is 0 Å². The quantitative estimate of drug-likeness (QED) is 0.134. The highest BCUT2D eigenvalue weighted by Crippen LogP contribution is 2.57. The summed E-state index contributed by atoms with van der Waals surface area (Å²) in [5.74, 6) is 0. The molecule has 0 bridgehead atoms. The van der Waals surface area contributed by atoms with E-state index >= 15 is 0 Å². The molecule has 0 spiro atoms. The van der Waals surface area contributed by atoms with Gasteiger partial charge in [-0.25, -0.2) is 9.97 Å². The molecule has 12 rings (SSSR count). The molecule has 0 fully saturated rings. The molecule has 0 radical (unpaired) electrons. The topological polar surface area (TPSA) is 38.7 Å². The van der Waals surface area contributed by atoms with Gasteiger partial charge in [0.2, 0.25) is 0 Å². The smallest absolute Gasteiger partial charge is 0.0972 e. The number of rotatable bonds is 4. The summed E-state index contributed by atoms with van der Waals surface area (Å²) >= 11 is 0. The Labute approximate surface area is 329 Å². The standard InChI is InChI=1S/C54H33N3/c1-3-15-38(16-4-1)54(39-17-5-2-6-18-39)46-20-10-9-19-42(46)51-43-26-29-48(56-50(43)30-27-47(51)54)40-24-25-41(45-33-37-13-8-7-12-36(37)32-44(40)45)49-28-23-35-22-21-34-14-11-31-55-52(34)53(35)57-49/h1-33H. The van der Waals surface area contributed by atoms with E-state index in [1.807, 2.05) is 12.3 Å². The first-order valence-electron chi connectivity index (χ1n) is 19.5. The number of hydrogen-bond acceptors (Lipinski definition) is 3. The molecule has 0 saturated carbocycles. The second kappa shape index (κ2) is 12.3. The number of benzene rings is 8. The summed E-state index contributed by atoms with van der Waals surface area (Å²) in [6.07, 6.45) is 1.85. The molecule has 264 valence electrons. The van der Waals surface area contributed by atoms with Gasteiger partial charge >= 0.3 is 0 Å². The summed E-state index contributed by atoms with van der Waals surface area (Å²) in [5, 5.41) is 8.00. The molecule has 8 aromatic carbocycles. The Hall–Kier alpha value is -7.49. The van der Waals surface area contributed by atoms with Crippen molar-refractivity contribution in [3.8, 4) is 33.6 Å². The van der Waals surface area contributed by atoms with E-state index < -0.39 is 5.41 Å². The van der Waals surface area contributed by atoms with Crippen LogP contribution in [0, 0.1) is 0 Å². The molecule has 3 nitrogen and oxygen atoms in total. The van der Waals surface area contributed by atoms with Gasteiger partial charge < -0.3 is 0 Å². The van der Waals surface area contributed by atoms with Gasteiger partial charge in [0.15, 0.2) is 0 Å². The van der Waals surface area contributed by atoms with E-state index in [9.17, 15) is 0 Å². The predicted octanol–water partition coefficient (Wildman–Crippen LogP) is 13.3. The van der Waals surface area contributed by atoms with Crippen LogP contribution in [0.15, 0.2) is 200 Å². The zero-order valence-electron chi connectivity index (χ0n) is 30.9. The molecular weight excluding hydrogens is 691 g/mol. The zero-order chi connectivity index (χ0) is 37.5. The van der Waals surface area contributed by atoms with E-state index in [0.29, 0.717) is 0 Å². The molecular formula is C54H33N3. The summed E-state index contributed by atoms with van der Waals surface area (Å²) in [7, 11) is 0. The molecule has 0 saturated heterocycles. The van der Waals surface area contributed by atoms with Crippen molar-refractivity contribution in [1.29, 1.82) is 0 Å². The van der Waals surface area contributed by atoms with Gasteiger partial charge in [0.1, 0.15) is 0 Å². The minimum Gasteiger partial charge on any atom is -0.254 e. The lowest BCUT2D eigenvalue weighted by Gasteiger charge is -2.33. The van der Waals surface area contributed by atoms with Crippen LogP contribution in [0.1, 0.15) is 22.3 Å². The number of nitrogens with zero attached hydrogens (tertiary/aromatic N) is 3. The summed E-state index contributed by atoms with van der Waals surface area (Å²) in [6, 6.07) is 70.2. The Morgan fingerprint density at radius 2 is 0.930 bits per heavy atom. The SMILES string of the molecule is c1ccc(C2(c3ccccc3)c3ccccc3-c3c2ccc2nc(-c4ccc(-c5ccc6ccc7cccnc7c6n5)c5cc6ccccc6cc45)ccc32)cc1. The second-order valence-corrected chi connectivity index (χ2v) is 15.1. The Bertz CT molecular complexity index is 3370. The van der Waals surface area contributed by atoms with Crippen molar-refractivity contribution in [2.45, 2.75) is 5.41 Å². The van der Waals surface area contributed by atoms with Crippen LogP contribution in [-0.4, -0.2) is 15.0 Å². The molecule has 0 amide bonds. The summed E-state index contributed by atoms with van der Waals surface area (Å²) in [5.41, 5.74) is 14.0. The molecule has 11 aromatic rings. The van der Waals surface area contributed by atoms with Gasteiger partial charge in [-0.2, -0.15) is 0 Å². The minimum atomic E-state index is -0.451. The fourth-order valence-corrected chi connectivity index (χ4v) is 9.65. The van der Waals surface area contributed by atoms with E-state index in [1.54, 1.807) is 0 Å². The van der Waals surface area contributed by atoms with Gasteiger partial charge in [-0.15, -0.1) is 0 Å². The highest BCUT2D eigenvalue weighted by atomic mass is 14.8. The molecule has 0 aliphatic heterocycles. The molecule has 57 heavy (non-hydrogen) atoms. The van der Waals surface area contributed by atoms with Crippen LogP contribution >= 0.6 is 0 Å². The second-order valence-electron chi connectivity index (χ2n) is 15.1. The molecule has 1 aliphatic rings. The summed E-state index contributed by atoms with van der Waals surface area (Å²) < 4.78 is 0. The molecule has 3 heterocycles. The fourth-order valence-electron chi connectivity index (χ4n) is 9.65. The number of fused-ring (bicyclic) bond motifs is 10. The molecule has 0 atom stereocenters. The van der Waals surface area contributed by atoms with E-state index in [2.05, 4.69) is 188 Å². The third-order valence-electron chi connectivity index (χ3n) is 12.2. The van der Waals surface area contributed by atoms with Crippen LogP contribution < -0.4 is 0 Å². The Morgan fingerprint density at radius 3 is 1.65 bits per heavy atom. The number of aromatic nitrogens is 3. The van der Waals surface area contributed by atoms with E-state index in [1.165, 1.54) is 44.2 Å². The Kier molecular flexibility index (Phi) is 6.84. The fraction of sp³-hybridized carbons (Fsp3) is 0.0185. The van der Waals surface area contributed by atoms with Crippen molar-refractivity contribution >= 4 is 54.3 Å². The largest absolute Gasteiger partial charge is 0.254 e. The zero-order valence-corrected chi connectivity index (χ0v) is 30.9. The van der Waals surface area contributed by atoms with Crippen LogP contribution in [0.4, 0.5) is 0 Å². The highest BCUT2D eigenvalue weighted by molar-refractivity contribution is 6.12. The van der Waals surface area contributed by atoms with Crippen molar-refractivity contribution in [2.75, 3.05) is 0 Å². The maximum Gasteiger partial charge on any atom is 0.0972 e. The van der Waals surface area contributed by atoms with Crippen LogP contribution in [0.5, 0.6) is 0 Å². The predicted molar refractivity (Wildman–Crippen MR) is 236 cm³/mol. The van der Waals surface area contributed by atoms with Gasteiger partial charge in [-0.1, -0.05) is 158 Å². The van der Waals surface area contributed by atoms with Crippen LogP contribution in [0.2, 0.25) is 0 Å². The molecule has 3 aromatic heterocycles. The summed E-state index contributed by atoms with van der Waals surface area (Å²) in [6.45, 7) is 0. The van der Waals surface area contributed by atoms with E-state index in [0.717, 1.165) is 66.0 Å². The van der Waals surface area contributed by atoms with Crippen molar-refractivity contribution < 1.29 is 0 Å². The maximum absolute atomic E-state index is 5.47. The van der Waals surface area contributed by atoms with Gasteiger partial charge in [-0.3, -0.25) is 4.98 Å². The third-order valence-corrected chi connectivity index (χ3v) is 12.2. The van der Waals surface area contributed by atoms with Crippen molar-refractivity contribution in [2.24, 2.45) is 0 Å². The van der Waals surface area contributed by atoms with E-state index in [4.69, 9.17) is 15.0 Å². The first-order chi connectivity index (χ1) is 28.3. The molecule has 1 aliphatic carbocycles. The lowest BCUT2D eigenvalue weighted by molar-refractivity contribution is 0.769. The molecule has 3 heteroatoms. The van der Waals surface area contributed by atoms with Crippen LogP contribution in [0.25, 0.3) is 87.9 Å². The lowest BCUT2D eigenvalue weighted by Crippen LogP contribution is -2.28.